The van der Waals surface area contributed by atoms with Crippen LogP contribution in [0.25, 0.3) is 0 Å². The van der Waals surface area contributed by atoms with Gasteiger partial charge >= 0.3 is 0 Å². The molecule has 0 spiro atoms. The van der Waals surface area contributed by atoms with Crippen molar-refractivity contribution in [3.05, 3.63) is 0 Å². The number of ether oxygens (including phenoxy) is 1. The Labute approximate surface area is 101 Å². The van der Waals surface area contributed by atoms with Crippen molar-refractivity contribution in [3.8, 4) is 0 Å². The SMILES string of the molecule is CCNC(CC1CCCC1)CC(C)(C)OC. The Kier molecular flexibility index (Phi) is 5.77. The van der Waals surface area contributed by atoms with Crippen molar-refractivity contribution in [3.63, 3.8) is 0 Å². The topological polar surface area (TPSA) is 21.3 Å². The first-order valence-corrected chi connectivity index (χ1v) is 6.86. The molecule has 0 bridgehead atoms. The molecule has 16 heavy (non-hydrogen) atoms. The Bertz CT molecular complexity index is 185. The van der Waals surface area contributed by atoms with E-state index in [1.54, 1.807) is 0 Å². The van der Waals surface area contributed by atoms with E-state index < -0.39 is 0 Å². The molecule has 1 aliphatic carbocycles. The number of hydrogen-bond acceptors (Lipinski definition) is 2. The summed E-state index contributed by atoms with van der Waals surface area (Å²) >= 11 is 0. The molecule has 1 unspecified atom stereocenters. The Morgan fingerprint density at radius 3 is 2.44 bits per heavy atom. The van der Waals surface area contributed by atoms with Crippen LogP contribution in [-0.2, 0) is 4.74 Å². The van der Waals surface area contributed by atoms with Crippen molar-refractivity contribution in [2.75, 3.05) is 13.7 Å². The van der Waals surface area contributed by atoms with Crippen LogP contribution in [0.5, 0.6) is 0 Å². The minimum absolute atomic E-state index is 0.00540. The zero-order valence-electron chi connectivity index (χ0n) is 11.5. The number of nitrogens with one attached hydrogen (secondary N) is 1. The summed E-state index contributed by atoms with van der Waals surface area (Å²) in [6.45, 7) is 7.64. The van der Waals surface area contributed by atoms with Crippen LogP contribution in [0.3, 0.4) is 0 Å². The van der Waals surface area contributed by atoms with Gasteiger partial charge in [-0.15, -0.1) is 0 Å². The monoisotopic (exact) mass is 227 g/mol. The summed E-state index contributed by atoms with van der Waals surface area (Å²) in [6, 6.07) is 0.628. The van der Waals surface area contributed by atoms with Gasteiger partial charge in [-0.3, -0.25) is 0 Å². The summed E-state index contributed by atoms with van der Waals surface area (Å²) < 4.78 is 5.54. The van der Waals surface area contributed by atoms with Gasteiger partial charge in [0.25, 0.3) is 0 Å². The summed E-state index contributed by atoms with van der Waals surface area (Å²) in [5.74, 6) is 0.955. The molecular formula is C14H29NO. The molecule has 1 N–H and O–H groups in total. The fourth-order valence-corrected chi connectivity index (χ4v) is 2.85. The molecule has 1 fully saturated rings. The van der Waals surface area contributed by atoms with E-state index >= 15 is 0 Å². The van der Waals surface area contributed by atoms with Gasteiger partial charge in [-0.2, -0.15) is 0 Å². The highest BCUT2D eigenvalue weighted by Gasteiger charge is 2.25. The molecule has 96 valence electrons. The third-order valence-corrected chi connectivity index (χ3v) is 3.88. The summed E-state index contributed by atoms with van der Waals surface area (Å²) in [6.07, 6.45) is 8.22. The van der Waals surface area contributed by atoms with Gasteiger partial charge in [-0.05, 0) is 39.2 Å². The van der Waals surface area contributed by atoms with Crippen molar-refractivity contribution < 1.29 is 4.74 Å². The van der Waals surface area contributed by atoms with E-state index in [1.165, 1.54) is 32.1 Å². The van der Waals surface area contributed by atoms with Crippen molar-refractivity contribution in [1.29, 1.82) is 0 Å². The standard InChI is InChI=1S/C14H29NO/c1-5-15-13(11-14(2,3)16-4)10-12-8-6-7-9-12/h12-13,15H,5-11H2,1-4H3. The van der Waals surface area contributed by atoms with E-state index in [0.29, 0.717) is 6.04 Å². The van der Waals surface area contributed by atoms with E-state index in [1.807, 2.05) is 7.11 Å². The molecule has 1 saturated carbocycles. The molecule has 0 saturated heterocycles. The van der Waals surface area contributed by atoms with Crippen LogP contribution in [0.2, 0.25) is 0 Å². The first-order valence-electron chi connectivity index (χ1n) is 6.86. The van der Waals surface area contributed by atoms with E-state index in [0.717, 1.165) is 18.9 Å². The van der Waals surface area contributed by atoms with Gasteiger partial charge in [0.05, 0.1) is 5.60 Å². The average Bonchev–Trinajstić information content (AvgIpc) is 2.70. The lowest BCUT2D eigenvalue weighted by molar-refractivity contribution is 0.00523. The lowest BCUT2D eigenvalue weighted by Gasteiger charge is -2.30. The van der Waals surface area contributed by atoms with Crippen molar-refractivity contribution in [1.82, 2.24) is 5.32 Å². The van der Waals surface area contributed by atoms with Gasteiger partial charge < -0.3 is 10.1 Å². The van der Waals surface area contributed by atoms with Gasteiger partial charge in [0.2, 0.25) is 0 Å². The Morgan fingerprint density at radius 1 is 1.31 bits per heavy atom. The minimum atomic E-state index is 0.00540. The molecule has 1 rings (SSSR count). The van der Waals surface area contributed by atoms with Crippen LogP contribution in [0.15, 0.2) is 0 Å². The second kappa shape index (κ2) is 6.61. The van der Waals surface area contributed by atoms with E-state index in [-0.39, 0.29) is 5.60 Å². The maximum atomic E-state index is 5.54. The Morgan fingerprint density at radius 2 is 1.94 bits per heavy atom. The van der Waals surface area contributed by atoms with Crippen molar-refractivity contribution in [2.24, 2.45) is 5.92 Å². The van der Waals surface area contributed by atoms with Gasteiger partial charge in [0.1, 0.15) is 0 Å². The first-order chi connectivity index (χ1) is 7.57. The second-order valence-corrected chi connectivity index (χ2v) is 5.81. The lowest BCUT2D eigenvalue weighted by Crippen LogP contribution is -2.38. The summed E-state index contributed by atoms with van der Waals surface area (Å²) in [4.78, 5) is 0. The fourth-order valence-electron chi connectivity index (χ4n) is 2.85. The summed E-state index contributed by atoms with van der Waals surface area (Å²) in [5, 5.41) is 3.62. The van der Waals surface area contributed by atoms with E-state index in [4.69, 9.17) is 4.74 Å². The van der Waals surface area contributed by atoms with Crippen molar-refractivity contribution in [2.45, 2.75) is 70.9 Å². The Balaban J connectivity index is 2.39. The molecule has 2 nitrogen and oxygen atoms in total. The van der Waals surface area contributed by atoms with Crippen LogP contribution < -0.4 is 5.32 Å². The Hall–Kier alpha value is -0.0800. The lowest BCUT2D eigenvalue weighted by atomic mass is 9.90. The van der Waals surface area contributed by atoms with Crippen LogP contribution in [-0.4, -0.2) is 25.3 Å². The smallest absolute Gasteiger partial charge is 0.0637 e. The fraction of sp³-hybridized carbons (Fsp3) is 1.00. The number of rotatable bonds is 7. The van der Waals surface area contributed by atoms with E-state index in [9.17, 15) is 0 Å². The molecule has 2 heteroatoms. The van der Waals surface area contributed by atoms with E-state index in [2.05, 4.69) is 26.1 Å². The highest BCUT2D eigenvalue weighted by molar-refractivity contribution is 4.81. The molecule has 0 heterocycles. The molecule has 1 aliphatic rings. The quantitative estimate of drug-likeness (QED) is 0.720. The number of hydrogen-bond donors (Lipinski definition) is 1. The number of methoxy groups -OCH3 is 1. The molecule has 0 aromatic rings. The van der Waals surface area contributed by atoms with Gasteiger partial charge in [0.15, 0.2) is 0 Å². The molecular weight excluding hydrogens is 198 g/mol. The largest absolute Gasteiger partial charge is 0.379 e. The summed E-state index contributed by atoms with van der Waals surface area (Å²) in [5.41, 5.74) is 0.00540. The second-order valence-electron chi connectivity index (χ2n) is 5.81. The molecule has 1 atom stereocenters. The van der Waals surface area contributed by atoms with Crippen LogP contribution in [0, 0.1) is 5.92 Å². The highest BCUT2D eigenvalue weighted by Crippen LogP contribution is 2.30. The third kappa shape index (κ3) is 4.84. The van der Waals surface area contributed by atoms with Gasteiger partial charge in [-0.1, -0.05) is 32.6 Å². The van der Waals surface area contributed by atoms with Crippen LogP contribution in [0.4, 0.5) is 0 Å². The molecule has 0 aromatic heterocycles. The highest BCUT2D eigenvalue weighted by atomic mass is 16.5. The molecule has 0 radical (unpaired) electrons. The minimum Gasteiger partial charge on any atom is -0.379 e. The molecule has 0 aliphatic heterocycles. The van der Waals surface area contributed by atoms with Crippen LogP contribution >= 0.6 is 0 Å². The zero-order chi connectivity index (χ0) is 12.0. The predicted octanol–water partition coefficient (Wildman–Crippen LogP) is 3.36. The zero-order valence-corrected chi connectivity index (χ0v) is 11.5. The summed E-state index contributed by atoms with van der Waals surface area (Å²) in [7, 11) is 1.82. The van der Waals surface area contributed by atoms with Gasteiger partial charge in [-0.25, -0.2) is 0 Å². The maximum absolute atomic E-state index is 5.54. The maximum Gasteiger partial charge on any atom is 0.0637 e. The molecule has 0 aromatic carbocycles. The molecule has 0 amide bonds. The first kappa shape index (κ1) is 14.0. The predicted molar refractivity (Wildman–Crippen MR) is 69.7 cm³/mol. The third-order valence-electron chi connectivity index (χ3n) is 3.88. The van der Waals surface area contributed by atoms with Crippen molar-refractivity contribution >= 4 is 0 Å². The average molecular weight is 227 g/mol. The van der Waals surface area contributed by atoms with Crippen LogP contribution in [0.1, 0.15) is 59.3 Å². The van der Waals surface area contributed by atoms with Gasteiger partial charge in [0, 0.05) is 13.2 Å². The normalized spacial score (nSPS) is 20.2.